The molecule has 1 amide bonds. The first kappa shape index (κ1) is 21.1. The van der Waals surface area contributed by atoms with Gasteiger partial charge in [-0.3, -0.25) is 4.79 Å². The molecule has 0 aliphatic rings. The van der Waals surface area contributed by atoms with Gasteiger partial charge in [-0.25, -0.2) is 0 Å². The van der Waals surface area contributed by atoms with Crippen LogP contribution in [0.15, 0.2) is 24.3 Å². The van der Waals surface area contributed by atoms with Gasteiger partial charge >= 0.3 is 0 Å². The third kappa shape index (κ3) is 7.42. The summed E-state index contributed by atoms with van der Waals surface area (Å²) in [6, 6.07) is 7.27. The molecule has 1 aromatic carbocycles. The monoisotopic (exact) mass is 350 g/mol. The third-order valence-corrected chi connectivity index (χ3v) is 3.32. The van der Waals surface area contributed by atoms with Crippen molar-refractivity contribution in [2.75, 3.05) is 33.9 Å². The lowest BCUT2D eigenvalue weighted by atomic mass is 10.0. The van der Waals surface area contributed by atoms with Gasteiger partial charge in [0.15, 0.2) is 0 Å². The fraction of sp³-hybridized carbons (Fsp3) is 0.533. The Kier molecular flexibility index (Phi) is 11.2. The largest absolute Gasteiger partial charge is 0.383 e. The zero-order valence-corrected chi connectivity index (χ0v) is 14.7. The zero-order chi connectivity index (χ0) is 15.7. The summed E-state index contributed by atoms with van der Waals surface area (Å²) >= 11 is 5.88. The van der Waals surface area contributed by atoms with Crippen LogP contribution in [0.5, 0.6) is 0 Å². The van der Waals surface area contributed by atoms with Gasteiger partial charge in [-0.15, -0.1) is 12.4 Å². The maximum Gasteiger partial charge on any atom is 0.234 e. The van der Waals surface area contributed by atoms with Crippen LogP contribution in [0.1, 0.15) is 18.6 Å². The highest BCUT2D eigenvalue weighted by molar-refractivity contribution is 6.30. The second-order valence-electron chi connectivity index (χ2n) is 4.73. The molecule has 2 unspecified atom stereocenters. The topological polar surface area (TPSA) is 59.6 Å². The highest BCUT2D eigenvalue weighted by Crippen LogP contribution is 2.22. The van der Waals surface area contributed by atoms with Crippen molar-refractivity contribution in [1.82, 2.24) is 10.6 Å². The average molecular weight is 351 g/mol. The molecule has 0 radical (unpaired) electrons. The van der Waals surface area contributed by atoms with Crippen molar-refractivity contribution in [3.05, 3.63) is 34.9 Å². The maximum absolute atomic E-state index is 11.8. The van der Waals surface area contributed by atoms with Crippen molar-refractivity contribution < 1.29 is 14.3 Å². The second kappa shape index (κ2) is 11.7. The van der Waals surface area contributed by atoms with Gasteiger partial charge in [0.1, 0.15) is 6.10 Å². The van der Waals surface area contributed by atoms with Crippen LogP contribution in [-0.4, -0.2) is 45.9 Å². The lowest BCUT2D eigenvalue weighted by Gasteiger charge is -2.24. The Bertz CT molecular complexity index is 429. The van der Waals surface area contributed by atoms with Gasteiger partial charge in [0.05, 0.1) is 19.2 Å². The van der Waals surface area contributed by atoms with Gasteiger partial charge in [-0.1, -0.05) is 23.7 Å². The van der Waals surface area contributed by atoms with E-state index in [1.54, 1.807) is 14.2 Å². The average Bonchev–Trinajstić information content (AvgIpc) is 2.46. The lowest BCUT2D eigenvalue weighted by Crippen LogP contribution is -2.42. The van der Waals surface area contributed by atoms with Crippen LogP contribution >= 0.6 is 24.0 Å². The summed E-state index contributed by atoms with van der Waals surface area (Å²) in [7, 11) is 3.25. The van der Waals surface area contributed by atoms with Crippen LogP contribution in [0.4, 0.5) is 0 Å². The van der Waals surface area contributed by atoms with E-state index < -0.39 is 0 Å². The number of nitrogens with one attached hydrogen (secondary N) is 2. The molecule has 22 heavy (non-hydrogen) atoms. The van der Waals surface area contributed by atoms with Crippen LogP contribution in [0, 0.1) is 0 Å². The van der Waals surface area contributed by atoms with Crippen molar-refractivity contribution in [3.63, 3.8) is 0 Å². The molecule has 2 atom stereocenters. The van der Waals surface area contributed by atoms with E-state index in [0.29, 0.717) is 18.2 Å². The fourth-order valence-electron chi connectivity index (χ4n) is 2.04. The number of halogens is 2. The van der Waals surface area contributed by atoms with Crippen molar-refractivity contribution >= 4 is 29.9 Å². The molecule has 0 heterocycles. The molecule has 0 aliphatic heterocycles. The summed E-state index contributed by atoms with van der Waals surface area (Å²) in [5, 5.41) is 6.59. The standard InChI is InChI=1S/C15H23ClN2O3.ClH/c1-11(18-14(19)10-17-8-9-20-2)15(21-3)12-4-6-13(16)7-5-12;/h4-7,11,15,17H,8-10H2,1-3H3,(H,18,19);1H. The molecule has 0 aromatic heterocycles. The Morgan fingerprint density at radius 3 is 2.45 bits per heavy atom. The predicted molar refractivity (Wildman–Crippen MR) is 90.8 cm³/mol. The first-order valence-corrected chi connectivity index (χ1v) is 7.23. The number of carbonyl (C=O) groups excluding carboxylic acids is 1. The minimum Gasteiger partial charge on any atom is -0.383 e. The third-order valence-electron chi connectivity index (χ3n) is 3.06. The van der Waals surface area contributed by atoms with E-state index in [1.807, 2.05) is 31.2 Å². The Morgan fingerprint density at radius 2 is 1.91 bits per heavy atom. The van der Waals surface area contributed by atoms with Crippen molar-refractivity contribution in [2.45, 2.75) is 19.1 Å². The van der Waals surface area contributed by atoms with Crippen LogP contribution in [0.2, 0.25) is 5.02 Å². The molecule has 1 rings (SSSR count). The lowest BCUT2D eigenvalue weighted by molar-refractivity contribution is -0.121. The summed E-state index contributed by atoms with van der Waals surface area (Å²) in [6.45, 7) is 3.39. The molecule has 1 aromatic rings. The van der Waals surface area contributed by atoms with Gasteiger partial charge < -0.3 is 20.1 Å². The maximum atomic E-state index is 11.8. The number of ether oxygens (including phenoxy) is 2. The van der Waals surface area contributed by atoms with Crippen LogP contribution in [0.3, 0.4) is 0 Å². The molecule has 2 N–H and O–H groups in total. The van der Waals surface area contributed by atoms with Crippen LogP contribution in [-0.2, 0) is 14.3 Å². The molecular formula is C15H24Cl2N2O3. The summed E-state index contributed by atoms with van der Waals surface area (Å²) < 4.78 is 10.4. The number of methoxy groups -OCH3 is 2. The number of rotatable bonds is 9. The van der Waals surface area contributed by atoms with E-state index in [0.717, 1.165) is 5.56 Å². The van der Waals surface area contributed by atoms with Gasteiger partial charge in [0, 0.05) is 25.8 Å². The summed E-state index contributed by atoms with van der Waals surface area (Å²) in [5.74, 6) is -0.0744. The highest BCUT2D eigenvalue weighted by atomic mass is 35.5. The highest BCUT2D eigenvalue weighted by Gasteiger charge is 2.20. The molecule has 0 spiro atoms. The molecular weight excluding hydrogens is 327 g/mol. The second-order valence-corrected chi connectivity index (χ2v) is 5.17. The minimum absolute atomic E-state index is 0. The predicted octanol–water partition coefficient (Wildman–Crippen LogP) is 2.19. The van der Waals surface area contributed by atoms with Gasteiger partial charge in [-0.2, -0.15) is 0 Å². The molecule has 0 aliphatic carbocycles. The molecule has 7 heteroatoms. The van der Waals surface area contributed by atoms with Gasteiger partial charge in [0.25, 0.3) is 0 Å². The van der Waals surface area contributed by atoms with Crippen molar-refractivity contribution in [2.24, 2.45) is 0 Å². The SMILES string of the molecule is COCCNCC(=O)NC(C)C(OC)c1ccc(Cl)cc1.Cl. The number of hydrogen-bond acceptors (Lipinski definition) is 4. The molecule has 0 bridgehead atoms. The normalized spacial score (nSPS) is 13.1. The van der Waals surface area contributed by atoms with Crippen LogP contribution < -0.4 is 10.6 Å². The zero-order valence-electron chi connectivity index (χ0n) is 13.1. The quantitative estimate of drug-likeness (QED) is 0.670. The Balaban J connectivity index is 0.00000441. The Hall–Kier alpha value is -0.850. The first-order valence-electron chi connectivity index (χ1n) is 6.85. The first-order chi connectivity index (χ1) is 10.1. The number of amides is 1. The Morgan fingerprint density at radius 1 is 1.27 bits per heavy atom. The molecule has 0 fully saturated rings. The molecule has 5 nitrogen and oxygen atoms in total. The van der Waals surface area contributed by atoms with E-state index in [2.05, 4.69) is 10.6 Å². The van der Waals surface area contributed by atoms with E-state index in [1.165, 1.54) is 0 Å². The number of hydrogen-bond donors (Lipinski definition) is 2. The van der Waals surface area contributed by atoms with Gasteiger partial charge in [-0.05, 0) is 24.6 Å². The Labute approximate surface area is 143 Å². The molecule has 0 saturated carbocycles. The van der Waals surface area contributed by atoms with Gasteiger partial charge in [0.2, 0.25) is 5.91 Å². The summed E-state index contributed by atoms with van der Waals surface area (Å²) in [5.41, 5.74) is 0.974. The molecule has 126 valence electrons. The minimum atomic E-state index is -0.217. The fourth-order valence-corrected chi connectivity index (χ4v) is 2.16. The van der Waals surface area contributed by atoms with Crippen molar-refractivity contribution in [1.29, 1.82) is 0 Å². The van der Waals surface area contributed by atoms with Crippen LogP contribution in [0.25, 0.3) is 0 Å². The van der Waals surface area contributed by atoms with E-state index in [4.69, 9.17) is 21.1 Å². The van der Waals surface area contributed by atoms with E-state index in [-0.39, 0.29) is 37.0 Å². The van der Waals surface area contributed by atoms with E-state index in [9.17, 15) is 4.79 Å². The number of carbonyl (C=O) groups is 1. The smallest absolute Gasteiger partial charge is 0.234 e. The summed E-state index contributed by atoms with van der Waals surface area (Å²) in [4.78, 5) is 11.8. The number of benzene rings is 1. The molecule has 0 saturated heterocycles. The van der Waals surface area contributed by atoms with Crippen molar-refractivity contribution in [3.8, 4) is 0 Å². The summed E-state index contributed by atoms with van der Waals surface area (Å²) in [6.07, 6.45) is -0.217. The van der Waals surface area contributed by atoms with E-state index >= 15 is 0 Å².